The predicted molar refractivity (Wildman–Crippen MR) is 113 cm³/mol. The van der Waals surface area contributed by atoms with Gasteiger partial charge in [0.15, 0.2) is 11.0 Å². The van der Waals surface area contributed by atoms with Crippen molar-refractivity contribution in [3.8, 4) is 11.4 Å². The summed E-state index contributed by atoms with van der Waals surface area (Å²) < 4.78 is 4.74. The van der Waals surface area contributed by atoms with E-state index in [2.05, 4.69) is 117 Å². The fourth-order valence-corrected chi connectivity index (χ4v) is 4.18. The molecule has 3 aromatic carbocycles. The standard InChI is InChI=1S/C25H27N2/c1-18-21(25(3,4)5)14-11-17-22(18)27-19(2)26(20-12-7-6-8-13-20)23-15-9-10-16-24(23)27/h6-17H,1-5H3/q+1. The number of aromatic nitrogens is 2. The molecule has 0 spiro atoms. The number of hydrogen-bond acceptors (Lipinski definition) is 0. The SMILES string of the molecule is Cc1c(-[n+]2c(C)n(-c3ccccc3)c3ccccc32)cccc1C(C)(C)C. The molecule has 0 unspecified atom stereocenters. The Bertz CT molecular complexity index is 1110. The molecule has 0 fully saturated rings. The number of imidazole rings is 1. The van der Waals surface area contributed by atoms with Crippen molar-refractivity contribution in [3.63, 3.8) is 0 Å². The molecule has 0 amide bonds. The summed E-state index contributed by atoms with van der Waals surface area (Å²) in [5.74, 6) is 1.21. The van der Waals surface area contributed by atoms with Crippen molar-refractivity contribution >= 4 is 11.0 Å². The number of hydrogen-bond donors (Lipinski definition) is 0. The van der Waals surface area contributed by atoms with Crippen molar-refractivity contribution in [2.45, 2.75) is 40.0 Å². The summed E-state index contributed by atoms with van der Waals surface area (Å²) in [4.78, 5) is 0. The second kappa shape index (κ2) is 6.38. The fourth-order valence-electron chi connectivity index (χ4n) is 4.18. The van der Waals surface area contributed by atoms with E-state index in [1.165, 1.54) is 39.4 Å². The van der Waals surface area contributed by atoms with Crippen molar-refractivity contribution in [2.24, 2.45) is 0 Å². The first-order chi connectivity index (χ1) is 12.9. The summed E-state index contributed by atoms with van der Waals surface area (Å²) in [5.41, 5.74) is 7.75. The van der Waals surface area contributed by atoms with Crippen LogP contribution in [0.4, 0.5) is 0 Å². The number of para-hydroxylation sites is 3. The highest BCUT2D eigenvalue weighted by molar-refractivity contribution is 5.75. The van der Waals surface area contributed by atoms with E-state index >= 15 is 0 Å². The van der Waals surface area contributed by atoms with Crippen LogP contribution in [0.1, 0.15) is 37.7 Å². The maximum absolute atomic E-state index is 2.40. The second-order valence-electron chi connectivity index (χ2n) is 8.24. The van der Waals surface area contributed by atoms with E-state index in [9.17, 15) is 0 Å². The van der Waals surface area contributed by atoms with E-state index < -0.39 is 0 Å². The van der Waals surface area contributed by atoms with Gasteiger partial charge in [-0.3, -0.25) is 0 Å². The lowest BCUT2D eigenvalue weighted by Crippen LogP contribution is -2.35. The van der Waals surface area contributed by atoms with Crippen LogP contribution in [0.15, 0.2) is 72.8 Å². The minimum absolute atomic E-state index is 0.117. The Morgan fingerprint density at radius 2 is 1.41 bits per heavy atom. The molecule has 0 saturated heterocycles. The molecule has 0 aliphatic heterocycles. The average molecular weight is 356 g/mol. The van der Waals surface area contributed by atoms with Crippen LogP contribution in [0.5, 0.6) is 0 Å². The summed E-state index contributed by atoms with van der Waals surface area (Å²) in [6, 6.07) is 25.9. The van der Waals surface area contributed by atoms with Gasteiger partial charge in [-0.25, -0.2) is 0 Å². The van der Waals surface area contributed by atoms with Crippen LogP contribution in [-0.4, -0.2) is 4.57 Å². The Balaban J connectivity index is 2.07. The first-order valence-corrected chi connectivity index (χ1v) is 9.57. The van der Waals surface area contributed by atoms with Crippen LogP contribution < -0.4 is 4.57 Å². The second-order valence-corrected chi connectivity index (χ2v) is 8.24. The van der Waals surface area contributed by atoms with Gasteiger partial charge in [0.25, 0.3) is 5.82 Å². The lowest BCUT2D eigenvalue weighted by Gasteiger charge is -2.22. The third kappa shape index (κ3) is 2.86. The predicted octanol–water partition coefficient (Wildman–Crippen LogP) is 5.82. The molecule has 1 heterocycles. The van der Waals surface area contributed by atoms with Crippen LogP contribution in [-0.2, 0) is 5.41 Å². The molecular formula is C25H27N2+. The van der Waals surface area contributed by atoms with Gasteiger partial charge in [-0.1, -0.05) is 63.2 Å². The number of benzene rings is 3. The number of nitrogens with zero attached hydrogens (tertiary/aromatic N) is 2. The van der Waals surface area contributed by atoms with Gasteiger partial charge in [0.05, 0.1) is 0 Å². The Morgan fingerprint density at radius 1 is 0.741 bits per heavy atom. The molecule has 0 aliphatic carbocycles. The van der Waals surface area contributed by atoms with Gasteiger partial charge in [-0.2, -0.15) is 9.13 Å². The van der Waals surface area contributed by atoms with Crippen molar-refractivity contribution < 1.29 is 4.57 Å². The highest BCUT2D eigenvalue weighted by Gasteiger charge is 2.27. The Hall–Kier alpha value is -2.87. The van der Waals surface area contributed by atoms with Crippen molar-refractivity contribution in [1.82, 2.24) is 4.57 Å². The first-order valence-electron chi connectivity index (χ1n) is 9.57. The molecule has 0 aliphatic rings. The summed E-state index contributed by atoms with van der Waals surface area (Å²) in [6.45, 7) is 11.3. The van der Waals surface area contributed by atoms with Crippen molar-refractivity contribution in [2.75, 3.05) is 0 Å². The lowest BCUT2D eigenvalue weighted by molar-refractivity contribution is -0.575. The summed E-state index contributed by atoms with van der Waals surface area (Å²) >= 11 is 0. The van der Waals surface area contributed by atoms with E-state index in [-0.39, 0.29) is 5.41 Å². The zero-order valence-corrected chi connectivity index (χ0v) is 16.8. The van der Waals surface area contributed by atoms with Gasteiger partial charge in [-0.05, 0) is 53.8 Å². The van der Waals surface area contributed by atoms with Crippen LogP contribution in [0.3, 0.4) is 0 Å². The summed E-state index contributed by atoms with van der Waals surface area (Å²) in [6.07, 6.45) is 0. The maximum atomic E-state index is 2.40. The number of rotatable bonds is 2. The van der Waals surface area contributed by atoms with E-state index in [1.54, 1.807) is 0 Å². The molecular weight excluding hydrogens is 328 g/mol. The van der Waals surface area contributed by atoms with Gasteiger partial charge >= 0.3 is 0 Å². The minimum atomic E-state index is 0.117. The first kappa shape index (κ1) is 17.5. The fraction of sp³-hybridized carbons (Fsp3) is 0.240. The van der Waals surface area contributed by atoms with Crippen molar-refractivity contribution in [3.05, 3.63) is 89.7 Å². The molecule has 0 saturated carbocycles. The van der Waals surface area contributed by atoms with E-state index in [0.29, 0.717) is 0 Å². The van der Waals surface area contributed by atoms with Gasteiger partial charge in [-0.15, -0.1) is 0 Å². The molecule has 0 N–H and O–H groups in total. The molecule has 0 atom stereocenters. The Labute approximate surface area is 161 Å². The molecule has 27 heavy (non-hydrogen) atoms. The molecule has 0 radical (unpaired) electrons. The molecule has 1 aromatic heterocycles. The van der Waals surface area contributed by atoms with Crippen LogP contribution in [0.2, 0.25) is 0 Å². The molecule has 2 heteroatoms. The van der Waals surface area contributed by atoms with Crippen LogP contribution >= 0.6 is 0 Å². The smallest absolute Gasteiger partial charge is 0.192 e. The molecule has 2 nitrogen and oxygen atoms in total. The van der Waals surface area contributed by atoms with E-state index in [4.69, 9.17) is 0 Å². The van der Waals surface area contributed by atoms with Gasteiger partial charge < -0.3 is 0 Å². The molecule has 4 aromatic rings. The monoisotopic (exact) mass is 355 g/mol. The third-order valence-corrected chi connectivity index (χ3v) is 5.38. The Morgan fingerprint density at radius 3 is 2.11 bits per heavy atom. The van der Waals surface area contributed by atoms with Crippen LogP contribution in [0, 0.1) is 13.8 Å². The van der Waals surface area contributed by atoms with E-state index in [1.807, 2.05) is 0 Å². The maximum Gasteiger partial charge on any atom is 0.264 e. The topological polar surface area (TPSA) is 8.81 Å². The normalized spacial score (nSPS) is 11.9. The highest BCUT2D eigenvalue weighted by atomic mass is 15.2. The van der Waals surface area contributed by atoms with Gasteiger partial charge in [0, 0.05) is 6.92 Å². The lowest BCUT2D eigenvalue weighted by atomic mass is 9.83. The van der Waals surface area contributed by atoms with E-state index in [0.717, 1.165) is 0 Å². The van der Waals surface area contributed by atoms with Gasteiger partial charge in [0.2, 0.25) is 0 Å². The largest absolute Gasteiger partial charge is 0.264 e. The highest BCUT2D eigenvalue weighted by Crippen LogP contribution is 2.29. The van der Waals surface area contributed by atoms with Gasteiger partial charge in [0.1, 0.15) is 11.4 Å². The minimum Gasteiger partial charge on any atom is -0.192 e. The zero-order chi connectivity index (χ0) is 19.2. The summed E-state index contributed by atoms with van der Waals surface area (Å²) in [5, 5.41) is 0. The molecule has 136 valence electrons. The quantitative estimate of drug-likeness (QED) is 0.401. The van der Waals surface area contributed by atoms with Crippen molar-refractivity contribution in [1.29, 1.82) is 0 Å². The Kier molecular flexibility index (Phi) is 4.15. The third-order valence-electron chi connectivity index (χ3n) is 5.38. The molecule has 4 rings (SSSR count). The summed E-state index contributed by atoms with van der Waals surface area (Å²) in [7, 11) is 0. The molecule has 0 bridgehead atoms. The average Bonchev–Trinajstić information content (AvgIpc) is 2.93. The van der Waals surface area contributed by atoms with Crippen LogP contribution in [0.25, 0.3) is 22.4 Å². The number of fused-ring (bicyclic) bond motifs is 1. The zero-order valence-electron chi connectivity index (χ0n) is 16.8.